The van der Waals surface area contributed by atoms with Gasteiger partial charge in [0.15, 0.2) is 0 Å². The van der Waals surface area contributed by atoms with Gasteiger partial charge in [0.1, 0.15) is 12.1 Å². The summed E-state index contributed by atoms with van der Waals surface area (Å²) in [5, 5.41) is 7.06. The predicted molar refractivity (Wildman–Crippen MR) is 153 cm³/mol. The summed E-state index contributed by atoms with van der Waals surface area (Å²) in [6, 6.07) is 4.84. The lowest BCUT2D eigenvalue weighted by Gasteiger charge is -2.40. The molecule has 37 heavy (non-hydrogen) atoms. The second kappa shape index (κ2) is 12.8. The molecular formula is C29H44ClN5O2. The Hall–Kier alpha value is -2.51. The summed E-state index contributed by atoms with van der Waals surface area (Å²) in [5.74, 6) is 0.790. The molecule has 1 saturated carbocycles. The van der Waals surface area contributed by atoms with Gasteiger partial charge < -0.3 is 25.3 Å². The molecule has 0 spiro atoms. The number of hydrogen-bond acceptors (Lipinski definition) is 6. The number of rotatable bonds is 10. The first-order chi connectivity index (χ1) is 17.6. The van der Waals surface area contributed by atoms with Crippen molar-refractivity contribution in [3.63, 3.8) is 0 Å². The topological polar surface area (TPSA) is 67.9 Å². The number of amides is 1. The minimum absolute atomic E-state index is 0.154. The van der Waals surface area contributed by atoms with E-state index >= 15 is 0 Å². The zero-order valence-electron chi connectivity index (χ0n) is 23.6. The SMILES string of the molecule is CCNC1=C(CNC(=O)c2cc(Cl)cc(N(CC)C3CCC(N(C)C)CC3)c2C)CC(C=O)=C(C)N1C. The van der Waals surface area contributed by atoms with Crippen molar-refractivity contribution in [1.29, 1.82) is 0 Å². The summed E-state index contributed by atoms with van der Waals surface area (Å²) in [5.41, 5.74) is 5.23. The molecule has 1 fully saturated rings. The number of nitrogens with zero attached hydrogens (tertiary/aromatic N) is 3. The predicted octanol–water partition coefficient (Wildman–Crippen LogP) is 4.71. The number of carbonyl (C=O) groups is 2. The van der Waals surface area contributed by atoms with Crippen molar-refractivity contribution in [2.75, 3.05) is 45.7 Å². The zero-order valence-corrected chi connectivity index (χ0v) is 24.3. The van der Waals surface area contributed by atoms with Crippen LogP contribution < -0.4 is 15.5 Å². The van der Waals surface area contributed by atoms with Gasteiger partial charge in [0.25, 0.3) is 5.91 Å². The Morgan fingerprint density at radius 3 is 2.35 bits per heavy atom. The minimum atomic E-state index is -0.154. The molecule has 0 radical (unpaired) electrons. The van der Waals surface area contributed by atoms with Crippen LogP contribution in [-0.4, -0.2) is 74.9 Å². The second-order valence-corrected chi connectivity index (χ2v) is 10.9. The van der Waals surface area contributed by atoms with Gasteiger partial charge in [-0.3, -0.25) is 9.59 Å². The van der Waals surface area contributed by atoms with Crippen LogP contribution in [0.1, 0.15) is 68.8 Å². The van der Waals surface area contributed by atoms with Gasteiger partial charge in [0.05, 0.1) is 0 Å². The lowest BCUT2D eigenvalue weighted by atomic mass is 9.89. The molecule has 2 N–H and O–H groups in total. The Kier molecular flexibility index (Phi) is 10.1. The second-order valence-electron chi connectivity index (χ2n) is 10.4. The van der Waals surface area contributed by atoms with E-state index in [1.807, 2.05) is 38.8 Å². The third-order valence-electron chi connectivity index (χ3n) is 8.07. The van der Waals surface area contributed by atoms with Gasteiger partial charge in [-0.2, -0.15) is 0 Å². The highest BCUT2D eigenvalue weighted by molar-refractivity contribution is 6.31. The summed E-state index contributed by atoms with van der Waals surface area (Å²) < 4.78 is 0. The first-order valence-electron chi connectivity index (χ1n) is 13.5. The largest absolute Gasteiger partial charge is 0.372 e. The van der Waals surface area contributed by atoms with E-state index in [0.29, 0.717) is 35.6 Å². The average Bonchev–Trinajstić information content (AvgIpc) is 2.88. The molecule has 3 rings (SSSR count). The quantitative estimate of drug-likeness (QED) is 0.428. The Morgan fingerprint density at radius 1 is 1.14 bits per heavy atom. The van der Waals surface area contributed by atoms with Crippen molar-refractivity contribution >= 4 is 29.5 Å². The van der Waals surface area contributed by atoms with Gasteiger partial charge in [-0.05, 0) is 90.7 Å². The highest BCUT2D eigenvalue weighted by atomic mass is 35.5. The molecule has 1 amide bonds. The van der Waals surface area contributed by atoms with Crippen LogP contribution in [0.25, 0.3) is 0 Å². The van der Waals surface area contributed by atoms with Crippen molar-refractivity contribution in [2.24, 2.45) is 0 Å². The molecule has 1 heterocycles. The average molecular weight is 530 g/mol. The molecular weight excluding hydrogens is 486 g/mol. The van der Waals surface area contributed by atoms with Crippen LogP contribution >= 0.6 is 11.6 Å². The summed E-state index contributed by atoms with van der Waals surface area (Å²) in [6.45, 7) is 10.1. The van der Waals surface area contributed by atoms with Crippen molar-refractivity contribution in [2.45, 2.75) is 71.9 Å². The summed E-state index contributed by atoms with van der Waals surface area (Å²) in [6.07, 6.45) is 6.04. The van der Waals surface area contributed by atoms with E-state index < -0.39 is 0 Å². The highest BCUT2D eigenvalue weighted by Gasteiger charge is 2.28. The van der Waals surface area contributed by atoms with E-state index in [2.05, 4.69) is 41.5 Å². The molecule has 2 aliphatic rings. The number of halogens is 1. The fourth-order valence-electron chi connectivity index (χ4n) is 5.74. The van der Waals surface area contributed by atoms with Crippen molar-refractivity contribution in [3.8, 4) is 0 Å². The van der Waals surface area contributed by atoms with Crippen LogP contribution in [0.15, 0.2) is 34.8 Å². The van der Waals surface area contributed by atoms with Gasteiger partial charge >= 0.3 is 0 Å². The molecule has 7 nitrogen and oxygen atoms in total. The van der Waals surface area contributed by atoms with Crippen LogP contribution in [0.4, 0.5) is 5.69 Å². The molecule has 1 aliphatic heterocycles. The van der Waals surface area contributed by atoms with Gasteiger partial charge in [0.2, 0.25) is 0 Å². The van der Waals surface area contributed by atoms with E-state index in [1.165, 1.54) is 12.8 Å². The molecule has 1 aliphatic carbocycles. The van der Waals surface area contributed by atoms with Crippen LogP contribution in [0.5, 0.6) is 0 Å². The maximum Gasteiger partial charge on any atom is 0.251 e. The highest BCUT2D eigenvalue weighted by Crippen LogP contribution is 2.34. The molecule has 0 unspecified atom stereocenters. The Balaban J connectivity index is 1.81. The van der Waals surface area contributed by atoms with E-state index in [0.717, 1.165) is 66.1 Å². The van der Waals surface area contributed by atoms with Crippen molar-refractivity contribution in [1.82, 2.24) is 20.4 Å². The Morgan fingerprint density at radius 2 is 1.78 bits per heavy atom. The van der Waals surface area contributed by atoms with E-state index in [1.54, 1.807) is 6.07 Å². The minimum Gasteiger partial charge on any atom is -0.372 e. The lowest BCUT2D eigenvalue weighted by molar-refractivity contribution is -0.105. The van der Waals surface area contributed by atoms with Crippen molar-refractivity contribution in [3.05, 3.63) is 50.9 Å². The maximum absolute atomic E-state index is 13.4. The van der Waals surface area contributed by atoms with Gasteiger partial charge in [-0.25, -0.2) is 0 Å². The number of benzene rings is 1. The fraction of sp³-hybridized carbons (Fsp3) is 0.586. The van der Waals surface area contributed by atoms with Gasteiger partial charge in [-0.15, -0.1) is 0 Å². The Labute approximate surface area is 227 Å². The molecule has 0 atom stereocenters. The smallest absolute Gasteiger partial charge is 0.251 e. The van der Waals surface area contributed by atoms with Crippen LogP contribution in [0.3, 0.4) is 0 Å². The third kappa shape index (κ3) is 6.50. The standard InChI is InChI=1S/C29H44ClN5O2/c1-8-31-28-21(14-22(18-36)20(4)34(28)7)17-32-29(37)26-15-23(30)16-27(19(26)3)35(9-2)25-12-10-24(11-13-25)33(5)6/h15-16,18,24-25,31H,8-14,17H2,1-7H3,(H,32,37). The maximum atomic E-state index is 13.4. The Bertz CT molecular complexity index is 1060. The first-order valence-corrected chi connectivity index (χ1v) is 13.9. The number of nitrogens with one attached hydrogen (secondary N) is 2. The number of carbonyl (C=O) groups excluding carboxylic acids is 2. The number of anilines is 1. The van der Waals surface area contributed by atoms with Gasteiger partial charge in [0, 0.05) is 72.7 Å². The molecule has 1 aromatic rings. The number of aldehydes is 1. The zero-order chi connectivity index (χ0) is 27.3. The van der Waals surface area contributed by atoms with E-state index in [-0.39, 0.29) is 5.91 Å². The summed E-state index contributed by atoms with van der Waals surface area (Å²) in [7, 11) is 6.26. The molecule has 204 valence electrons. The fourth-order valence-corrected chi connectivity index (χ4v) is 5.95. The molecule has 8 heteroatoms. The lowest BCUT2D eigenvalue weighted by Crippen LogP contribution is -2.42. The normalized spacial score (nSPS) is 20.4. The summed E-state index contributed by atoms with van der Waals surface area (Å²) in [4.78, 5) is 31.8. The van der Waals surface area contributed by atoms with Crippen LogP contribution in [0.2, 0.25) is 5.02 Å². The molecule has 0 bridgehead atoms. The third-order valence-corrected chi connectivity index (χ3v) is 8.29. The number of allylic oxidation sites excluding steroid dienone is 2. The van der Waals surface area contributed by atoms with Crippen LogP contribution in [0, 0.1) is 6.92 Å². The summed E-state index contributed by atoms with van der Waals surface area (Å²) >= 11 is 6.57. The molecule has 0 aromatic heterocycles. The first kappa shape index (κ1) is 29.1. The monoisotopic (exact) mass is 529 g/mol. The van der Waals surface area contributed by atoms with Crippen molar-refractivity contribution < 1.29 is 9.59 Å². The molecule has 0 saturated heterocycles. The van der Waals surface area contributed by atoms with E-state index in [4.69, 9.17) is 11.6 Å². The number of hydrogen-bond donors (Lipinski definition) is 2. The van der Waals surface area contributed by atoms with E-state index in [9.17, 15) is 9.59 Å². The van der Waals surface area contributed by atoms with Crippen LogP contribution in [-0.2, 0) is 4.79 Å². The van der Waals surface area contributed by atoms with Gasteiger partial charge in [-0.1, -0.05) is 11.6 Å². The molecule has 1 aromatic carbocycles.